The van der Waals surface area contributed by atoms with Gasteiger partial charge in [0.25, 0.3) is 5.97 Å². The van der Waals surface area contributed by atoms with Gasteiger partial charge in [0.05, 0.1) is 0 Å². The van der Waals surface area contributed by atoms with Crippen molar-refractivity contribution in [3.05, 3.63) is 0 Å². The SMILES string of the molecule is CCC(=O)O[SiH2]. The van der Waals surface area contributed by atoms with Crippen LogP contribution in [-0.4, -0.2) is 16.5 Å². The van der Waals surface area contributed by atoms with Crippen LogP contribution in [0.3, 0.4) is 0 Å². The van der Waals surface area contributed by atoms with Gasteiger partial charge in [0, 0.05) is 6.42 Å². The highest BCUT2D eigenvalue weighted by Crippen LogP contribution is 1.75. The molecule has 0 heterocycles. The fourth-order valence-corrected chi connectivity index (χ4v) is 0.306. The van der Waals surface area contributed by atoms with Crippen LogP contribution in [0.1, 0.15) is 13.3 Å². The van der Waals surface area contributed by atoms with Gasteiger partial charge in [0.15, 0.2) is 0 Å². The van der Waals surface area contributed by atoms with E-state index in [1.807, 2.05) is 0 Å². The van der Waals surface area contributed by atoms with Gasteiger partial charge in [-0.2, -0.15) is 0 Å². The quantitative estimate of drug-likeness (QED) is 0.418. The molecule has 0 saturated carbocycles. The van der Waals surface area contributed by atoms with Crippen molar-refractivity contribution in [1.82, 2.24) is 0 Å². The monoisotopic (exact) mass is 103 g/mol. The van der Waals surface area contributed by atoms with Gasteiger partial charge in [-0.05, 0) is 0 Å². The molecule has 6 heavy (non-hydrogen) atoms. The second-order valence-corrected chi connectivity index (χ2v) is 1.16. The van der Waals surface area contributed by atoms with Gasteiger partial charge >= 0.3 is 0 Å². The van der Waals surface area contributed by atoms with Gasteiger partial charge in [0.1, 0.15) is 0 Å². The Kier molecular flexibility index (Phi) is 2.75. The number of carbonyl (C=O) groups is 1. The third-order valence-electron chi connectivity index (χ3n) is 0.450. The van der Waals surface area contributed by atoms with E-state index in [4.69, 9.17) is 0 Å². The van der Waals surface area contributed by atoms with Crippen LogP contribution in [0.15, 0.2) is 0 Å². The van der Waals surface area contributed by atoms with E-state index in [0.29, 0.717) is 6.42 Å². The lowest BCUT2D eigenvalue weighted by molar-refractivity contribution is -0.133. The van der Waals surface area contributed by atoms with Crippen LogP contribution in [0.2, 0.25) is 0 Å². The molecule has 0 bridgehead atoms. The van der Waals surface area contributed by atoms with Gasteiger partial charge in [0.2, 0.25) is 10.5 Å². The van der Waals surface area contributed by atoms with Crippen LogP contribution in [0, 0.1) is 0 Å². The molecule has 0 aromatic heterocycles. The van der Waals surface area contributed by atoms with Gasteiger partial charge in [-0.25, -0.2) is 0 Å². The third kappa shape index (κ3) is 1.96. The molecule has 0 fully saturated rings. The molecule has 0 spiro atoms. The topological polar surface area (TPSA) is 26.3 Å². The second-order valence-electron chi connectivity index (χ2n) is 0.870. The Labute approximate surface area is 40.0 Å². The smallest absolute Gasteiger partial charge is 0.291 e. The Morgan fingerprint density at radius 1 is 2.00 bits per heavy atom. The molecule has 0 aromatic rings. The fraction of sp³-hybridized carbons (Fsp3) is 0.667. The molecule has 35 valence electrons. The maximum Gasteiger partial charge on any atom is 0.291 e. The predicted octanol–water partition coefficient (Wildman–Crippen LogP) is -0.512. The molecular weight excluding hydrogens is 96.1 g/mol. The minimum Gasteiger partial charge on any atom is -0.525 e. The molecule has 2 nitrogen and oxygen atoms in total. The van der Waals surface area contributed by atoms with Crippen LogP contribution in [0.25, 0.3) is 0 Å². The Morgan fingerprint density at radius 2 is 2.50 bits per heavy atom. The summed E-state index contributed by atoms with van der Waals surface area (Å²) in [5, 5.41) is 0. The third-order valence-corrected chi connectivity index (χ3v) is 0.772. The van der Waals surface area contributed by atoms with Crippen molar-refractivity contribution >= 4 is 16.5 Å². The predicted molar refractivity (Wildman–Crippen MR) is 24.9 cm³/mol. The van der Waals surface area contributed by atoms with Gasteiger partial charge in [-0.3, -0.25) is 4.79 Å². The molecule has 0 unspecified atom stereocenters. The highest BCUT2D eigenvalue weighted by molar-refractivity contribution is 6.05. The molecule has 3 heteroatoms. The van der Waals surface area contributed by atoms with Crippen LogP contribution < -0.4 is 0 Å². The van der Waals surface area contributed by atoms with E-state index in [0.717, 1.165) is 0 Å². The normalized spacial score (nSPS) is 7.67. The lowest BCUT2D eigenvalue weighted by atomic mass is 10.5. The molecule has 0 aliphatic heterocycles. The summed E-state index contributed by atoms with van der Waals surface area (Å²) in [5.41, 5.74) is 0. The first-order valence-corrected chi connectivity index (χ1v) is 2.33. The number of rotatable bonds is 1. The van der Waals surface area contributed by atoms with Crippen molar-refractivity contribution in [2.75, 3.05) is 0 Å². The van der Waals surface area contributed by atoms with Crippen LogP contribution >= 0.6 is 0 Å². The van der Waals surface area contributed by atoms with Gasteiger partial charge in [-0.1, -0.05) is 6.92 Å². The first-order valence-electron chi connectivity index (χ1n) is 1.76. The summed E-state index contributed by atoms with van der Waals surface area (Å²) in [4.78, 5) is 9.97. The van der Waals surface area contributed by atoms with E-state index in [9.17, 15) is 4.79 Å². The molecule has 0 rings (SSSR count). The summed E-state index contributed by atoms with van der Waals surface area (Å²) in [6.45, 7) is 1.76. The van der Waals surface area contributed by atoms with Crippen LogP contribution in [0.4, 0.5) is 0 Å². The summed E-state index contributed by atoms with van der Waals surface area (Å²) < 4.78 is 4.29. The second kappa shape index (κ2) is 2.90. The lowest BCUT2D eigenvalue weighted by Crippen LogP contribution is -1.96. The first-order chi connectivity index (χ1) is 2.81. The number of carbonyl (C=O) groups excluding carboxylic acids is 1. The first kappa shape index (κ1) is 5.69. The summed E-state index contributed by atoms with van der Waals surface area (Å²) in [6.07, 6.45) is 0.476. The van der Waals surface area contributed by atoms with E-state index in [-0.39, 0.29) is 5.97 Å². The van der Waals surface area contributed by atoms with Crippen molar-refractivity contribution < 1.29 is 9.22 Å². The molecule has 0 amide bonds. The minimum absolute atomic E-state index is 0.145. The van der Waals surface area contributed by atoms with Crippen LogP contribution in [0.5, 0.6) is 0 Å². The molecule has 0 aliphatic carbocycles. The summed E-state index contributed by atoms with van der Waals surface area (Å²) in [6, 6.07) is 0. The van der Waals surface area contributed by atoms with Gasteiger partial charge < -0.3 is 4.43 Å². The molecule has 1 radical (unpaired) electrons. The maximum absolute atomic E-state index is 9.97. The Hall–Kier alpha value is -0.313. The summed E-state index contributed by atoms with van der Waals surface area (Å²) in [5.74, 6) is -0.145. The van der Waals surface area contributed by atoms with Crippen molar-refractivity contribution in [2.45, 2.75) is 13.3 Å². The minimum atomic E-state index is -0.145. The largest absolute Gasteiger partial charge is 0.525 e. The highest BCUT2D eigenvalue weighted by atomic mass is 28.2. The lowest BCUT2D eigenvalue weighted by Gasteiger charge is -1.88. The number of hydrogen-bond acceptors (Lipinski definition) is 2. The average Bonchev–Trinajstić information content (AvgIpc) is 1.65. The standard InChI is InChI=1S/C3H7O2Si/c1-2-3(4)5-6/h2,6H2,1H3. The highest BCUT2D eigenvalue weighted by Gasteiger charge is 1.86. The summed E-state index contributed by atoms with van der Waals surface area (Å²) >= 11 is 0. The van der Waals surface area contributed by atoms with E-state index < -0.39 is 0 Å². The molecule has 0 aliphatic rings. The fourth-order valence-electron chi connectivity index (χ4n) is 0.102. The molecule has 0 saturated heterocycles. The van der Waals surface area contributed by atoms with E-state index >= 15 is 0 Å². The van der Waals surface area contributed by atoms with Crippen molar-refractivity contribution in [2.24, 2.45) is 0 Å². The van der Waals surface area contributed by atoms with Gasteiger partial charge in [-0.15, -0.1) is 0 Å². The zero-order chi connectivity index (χ0) is 4.99. The molecule has 0 atom stereocenters. The zero-order valence-electron chi connectivity index (χ0n) is 3.73. The summed E-state index contributed by atoms with van der Waals surface area (Å²) in [7, 11) is 1.21. The van der Waals surface area contributed by atoms with Crippen LogP contribution in [-0.2, 0) is 9.22 Å². The van der Waals surface area contributed by atoms with E-state index in [1.165, 1.54) is 10.5 Å². The molecular formula is C3H7O2Si. The van der Waals surface area contributed by atoms with Crippen molar-refractivity contribution in [1.29, 1.82) is 0 Å². The number of hydrogen-bond donors (Lipinski definition) is 0. The molecule has 0 aromatic carbocycles. The van der Waals surface area contributed by atoms with Crippen molar-refractivity contribution in [3.63, 3.8) is 0 Å². The van der Waals surface area contributed by atoms with Crippen molar-refractivity contribution in [3.8, 4) is 0 Å². The molecule has 0 N–H and O–H groups in total. The van der Waals surface area contributed by atoms with E-state index in [2.05, 4.69) is 4.43 Å². The van der Waals surface area contributed by atoms with E-state index in [1.54, 1.807) is 6.92 Å². The Morgan fingerprint density at radius 3 is 2.50 bits per heavy atom. The average molecular weight is 103 g/mol. The zero-order valence-corrected chi connectivity index (χ0v) is 5.14. The Bertz CT molecular complexity index is 46.8. The Balaban J connectivity index is 2.99. The maximum atomic E-state index is 9.97.